The molecular formula is H3BNO2Si. The first kappa shape index (κ1) is 4.68. The fraction of sp³-hybridized carbons (Fsp3) is 0. The number of nitrogens with zero attached hydrogens (tertiary/aromatic N) is 1. The van der Waals surface area contributed by atoms with Gasteiger partial charge in [0.1, 0.15) is 0 Å². The van der Waals surface area contributed by atoms with Gasteiger partial charge < -0.3 is 0 Å². The van der Waals surface area contributed by atoms with Crippen LogP contribution in [0, 0.1) is 10.1 Å². The maximum Gasteiger partial charge on any atom is 0.559 e. The zero-order valence-corrected chi connectivity index (χ0v) is 4.84. The summed E-state index contributed by atoms with van der Waals surface area (Å²) in [6.45, 7) is 0. The minimum Gasteiger partial charge on any atom is -0.294 e. The van der Waals surface area contributed by atoms with Gasteiger partial charge in [-0.05, 0) is 0 Å². The van der Waals surface area contributed by atoms with Gasteiger partial charge in [-0.25, -0.2) is 0 Å². The van der Waals surface area contributed by atoms with Crippen LogP contribution in [0.3, 0.4) is 0 Å². The summed E-state index contributed by atoms with van der Waals surface area (Å²) in [5, 5.41) is 9.15. The second kappa shape index (κ2) is 1.95. The van der Waals surface area contributed by atoms with Gasteiger partial charge in [0.2, 0.25) is 0 Å². The molecule has 5 heavy (non-hydrogen) atoms. The highest BCUT2D eigenvalue weighted by Crippen LogP contribution is 1.47. The zero-order valence-electron chi connectivity index (χ0n) is 2.84. The highest BCUT2D eigenvalue weighted by Gasteiger charge is 1.89. The van der Waals surface area contributed by atoms with Crippen molar-refractivity contribution in [1.82, 2.24) is 0 Å². The van der Waals surface area contributed by atoms with Gasteiger partial charge in [-0.2, -0.15) is 0 Å². The van der Waals surface area contributed by atoms with Gasteiger partial charge in [0.15, 0.2) is 0 Å². The van der Waals surface area contributed by atoms with E-state index in [1.54, 1.807) is 0 Å². The lowest BCUT2D eigenvalue weighted by atomic mass is 10.5. The Labute approximate surface area is 33.1 Å². The van der Waals surface area contributed by atoms with Crippen molar-refractivity contribution in [3.63, 3.8) is 0 Å². The molecule has 0 rings (SSSR count). The van der Waals surface area contributed by atoms with Crippen molar-refractivity contribution in [2.24, 2.45) is 0 Å². The van der Waals surface area contributed by atoms with Crippen molar-refractivity contribution in [3.05, 3.63) is 10.1 Å². The SMILES string of the molecule is O=[N+]([O-])[B][SiH3]. The second-order valence-electron chi connectivity index (χ2n) is 0.544. The largest absolute Gasteiger partial charge is 0.559 e. The molecule has 0 aromatic heterocycles. The molecule has 0 amide bonds. The maximum atomic E-state index is 9.15. The lowest BCUT2D eigenvalue weighted by Crippen LogP contribution is -2.03. The van der Waals surface area contributed by atoms with E-state index in [-0.39, 0.29) is 0 Å². The summed E-state index contributed by atoms with van der Waals surface area (Å²) >= 11 is 0. The monoisotopic (exact) mass is 88.0 g/mol. The summed E-state index contributed by atoms with van der Waals surface area (Å²) in [5.41, 5.74) is 0. The van der Waals surface area contributed by atoms with Crippen LogP contribution >= 0.6 is 0 Å². The molecular weight excluding hydrogens is 84.9 g/mol. The van der Waals surface area contributed by atoms with Crippen LogP contribution in [0.25, 0.3) is 0 Å². The van der Waals surface area contributed by atoms with Crippen LogP contribution in [0.4, 0.5) is 0 Å². The van der Waals surface area contributed by atoms with Crippen LogP contribution in [0.5, 0.6) is 0 Å². The fourth-order valence-corrected chi connectivity index (χ4v) is 0. The zero-order chi connectivity index (χ0) is 4.28. The summed E-state index contributed by atoms with van der Waals surface area (Å²) in [6, 6.07) is 0. The Balaban J connectivity index is 2.85. The Kier molecular flexibility index (Phi) is 1.83. The minimum atomic E-state index is -0.438. The van der Waals surface area contributed by atoms with Crippen molar-refractivity contribution in [3.8, 4) is 0 Å². The van der Waals surface area contributed by atoms with Crippen LogP contribution in [-0.2, 0) is 0 Å². The number of hydrogen-bond donors (Lipinski definition) is 0. The first-order valence-corrected chi connectivity index (χ1v) is 2.36. The molecule has 27 valence electrons. The van der Waals surface area contributed by atoms with E-state index in [0.717, 1.165) is 7.01 Å². The average molecular weight is 87.9 g/mol. The first-order chi connectivity index (χ1) is 2.27. The van der Waals surface area contributed by atoms with Crippen molar-refractivity contribution in [2.75, 3.05) is 0 Å². The Hall–Kier alpha value is -0.318. The molecule has 3 nitrogen and oxygen atoms in total. The third kappa shape index (κ3) is 3.68. The Morgan fingerprint density at radius 1 is 2.00 bits per heavy atom. The number of rotatable bonds is 1. The summed E-state index contributed by atoms with van der Waals surface area (Å²) < 4.78 is 0. The molecule has 0 aromatic rings. The van der Waals surface area contributed by atoms with Gasteiger partial charge in [0, 0.05) is 0 Å². The summed E-state index contributed by atoms with van der Waals surface area (Å²) in [4.78, 5) is 8.71. The molecule has 5 heteroatoms. The average Bonchev–Trinajstić information content (AvgIpc) is 1.38. The van der Waals surface area contributed by atoms with Gasteiger partial charge in [-0.1, -0.05) is 4.83 Å². The van der Waals surface area contributed by atoms with Gasteiger partial charge in [-0.3, -0.25) is 10.1 Å². The maximum absolute atomic E-state index is 9.15. The van der Waals surface area contributed by atoms with Gasteiger partial charge in [-0.15, -0.1) is 0 Å². The smallest absolute Gasteiger partial charge is 0.294 e. The van der Waals surface area contributed by atoms with E-state index >= 15 is 0 Å². The van der Waals surface area contributed by atoms with Gasteiger partial charge in [0.05, 0.1) is 10.1 Å². The highest BCUT2D eigenvalue weighted by atomic mass is 28.1. The second-order valence-corrected chi connectivity index (χ2v) is 1.06. The number of nitro groups is 1. The quantitative estimate of drug-likeness (QED) is 0.215. The molecule has 1 radical (unpaired) electrons. The molecule has 0 aromatic carbocycles. The van der Waals surface area contributed by atoms with Gasteiger partial charge in [0.25, 0.3) is 0 Å². The summed E-state index contributed by atoms with van der Waals surface area (Å²) in [6.07, 6.45) is 0. The molecule has 0 bridgehead atoms. The fourth-order valence-electron chi connectivity index (χ4n) is 0. The van der Waals surface area contributed by atoms with E-state index in [9.17, 15) is 0 Å². The lowest BCUT2D eigenvalue weighted by molar-refractivity contribution is -0.316. The van der Waals surface area contributed by atoms with E-state index in [1.807, 2.05) is 0 Å². The van der Waals surface area contributed by atoms with Crippen LogP contribution in [0.1, 0.15) is 0 Å². The molecule has 0 spiro atoms. The molecule has 0 fully saturated rings. The molecule has 0 aliphatic heterocycles. The Bertz CT molecular complexity index is 44.9. The van der Waals surface area contributed by atoms with Gasteiger partial charge >= 0.3 is 7.01 Å². The molecule has 0 saturated carbocycles. The topological polar surface area (TPSA) is 43.1 Å². The summed E-state index contributed by atoms with van der Waals surface area (Å²) in [5.74, 6) is 0. The molecule has 0 saturated heterocycles. The molecule has 0 N–H and O–H groups in total. The highest BCUT2D eigenvalue weighted by molar-refractivity contribution is 6.84. The van der Waals surface area contributed by atoms with Crippen molar-refractivity contribution in [1.29, 1.82) is 0 Å². The Morgan fingerprint density at radius 3 is 2.20 bits per heavy atom. The standard InChI is InChI=1S/BH3NO2Si/c3-2(4)1-5/h5H3. The van der Waals surface area contributed by atoms with Crippen molar-refractivity contribution >= 4 is 17.1 Å². The molecule has 0 aliphatic carbocycles. The van der Waals surface area contributed by atoms with Crippen LogP contribution in [-0.4, -0.2) is 22.0 Å². The van der Waals surface area contributed by atoms with Crippen LogP contribution in [0.15, 0.2) is 0 Å². The molecule has 0 atom stereocenters. The van der Waals surface area contributed by atoms with Crippen LogP contribution < -0.4 is 0 Å². The molecule has 0 aliphatic rings. The third-order valence-corrected chi connectivity index (χ3v) is 0.632. The van der Waals surface area contributed by atoms with E-state index in [4.69, 9.17) is 10.1 Å². The van der Waals surface area contributed by atoms with E-state index in [0.29, 0.717) is 10.1 Å². The number of hydrogen-bond acceptors (Lipinski definition) is 2. The lowest BCUT2D eigenvalue weighted by Gasteiger charge is -1.71. The minimum absolute atomic E-state index is 0.438. The van der Waals surface area contributed by atoms with Crippen molar-refractivity contribution < 1.29 is 4.83 Å². The first-order valence-electron chi connectivity index (χ1n) is 1.20. The van der Waals surface area contributed by atoms with E-state index in [2.05, 4.69) is 0 Å². The van der Waals surface area contributed by atoms with E-state index < -0.39 is 4.83 Å². The predicted molar refractivity (Wildman–Crippen MR) is 22.7 cm³/mol. The summed E-state index contributed by atoms with van der Waals surface area (Å²) in [7, 11) is 1.58. The van der Waals surface area contributed by atoms with Crippen molar-refractivity contribution in [2.45, 2.75) is 0 Å². The Morgan fingerprint density at radius 2 is 2.20 bits per heavy atom. The van der Waals surface area contributed by atoms with Crippen LogP contribution in [0.2, 0.25) is 0 Å². The third-order valence-electron chi connectivity index (χ3n) is 0.211. The normalized spacial score (nSPS) is 7.20. The predicted octanol–water partition coefficient (Wildman–Crippen LogP) is -1.84. The molecule has 0 unspecified atom stereocenters. The van der Waals surface area contributed by atoms with E-state index in [1.165, 1.54) is 0 Å². The molecule has 0 heterocycles.